The maximum absolute atomic E-state index is 10.3. The summed E-state index contributed by atoms with van der Waals surface area (Å²) < 4.78 is 0. The van der Waals surface area contributed by atoms with E-state index in [-0.39, 0.29) is 11.6 Å². The molecule has 1 heterocycles. The van der Waals surface area contributed by atoms with Gasteiger partial charge in [0.15, 0.2) is 0 Å². The van der Waals surface area contributed by atoms with Gasteiger partial charge in [0.25, 0.3) is 0 Å². The minimum atomic E-state index is -0.387. The molecule has 2 aliphatic rings. The van der Waals surface area contributed by atoms with Crippen molar-refractivity contribution in [2.45, 2.75) is 24.5 Å². The van der Waals surface area contributed by atoms with E-state index in [9.17, 15) is 5.11 Å². The lowest BCUT2D eigenvalue weighted by molar-refractivity contribution is 0.119. The summed E-state index contributed by atoms with van der Waals surface area (Å²) in [5.74, 6) is 0.670. The summed E-state index contributed by atoms with van der Waals surface area (Å²) in [6, 6.07) is 7.50. The van der Waals surface area contributed by atoms with Gasteiger partial charge in [0.05, 0.1) is 11.6 Å². The number of piperidine rings is 1. The first-order chi connectivity index (χ1) is 7.22. The van der Waals surface area contributed by atoms with Crippen molar-refractivity contribution in [3.63, 3.8) is 0 Å². The fourth-order valence-electron chi connectivity index (χ4n) is 2.78. The predicted molar refractivity (Wildman–Crippen MR) is 59.9 cm³/mol. The molecule has 2 fully saturated rings. The number of aliphatic hydroxyl groups excluding tert-OH is 1. The standard InChI is InChI=1S/C12H14ClNO/c13-10-3-1-8(2-4-10)11(15)12-7-9(12)5-6-14-12/h1-4,9,11,14-15H,5-7H2. The SMILES string of the molecule is OC(c1ccc(Cl)cc1)C12CC1CCN2. The van der Waals surface area contributed by atoms with E-state index in [0.29, 0.717) is 5.92 Å². The highest BCUT2D eigenvalue weighted by Crippen LogP contribution is 2.56. The summed E-state index contributed by atoms with van der Waals surface area (Å²) in [7, 11) is 0. The maximum atomic E-state index is 10.3. The van der Waals surface area contributed by atoms with Crippen molar-refractivity contribution in [3.05, 3.63) is 34.9 Å². The molecular formula is C12H14ClNO. The van der Waals surface area contributed by atoms with Crippen LogP contribution in [0.4, 0.5) is 0 Å². The Morgan fingerprint density at radius 2 is 2.13 bits per heavy atom. The van der Waals surface area contributed by atoms with Crippen LogP contribution in [0.5, 0.6) is 0 Å². The first kappa shape index (κ1) is 9.64. The van der Waals surface area contributed by atoms with Gasteiger partial charge in [-0.3, -0.25) is 0 Å². The minimum Gasteiger partial charge on any atom is -0.386 e. The zero-order valence-electron chi connectivity index (χ0n) is 8.41. The Morgan fingerprint density at radius 3 is 2.67 bits per heavy atom. The van der Waals surface area contributed by atoms with Crippen LogP contribution in [-0.2, 0) is 0 Å². The number of nitrogens with one attached hydrogen (secondary N) is 1. The van der Waals surface area contributed by atoms with Gasteiger partial charge in [-0.1, -0.05) is 23.7 Å². The van der Waals surface area contributed by atoms with E-state index in [4.69, 9.17) is 11.6 Å². The van der Waals surface area contributed by atoms with E-state index >= 15 is 0 Å². The molecule has 1 aliphatic heterocycles. The highest BCUT2D eigenvalue weighted by Gasteiger charge is 2.61. The first-order valence-corrected chi connectivity index (χ1v) is 5.79. The second-order valence-corrected chi connectivity index (χ2v) is 5.05. The molecule has 1 aliphatic carbocycles. The molecule has 3 unspecified atom stereocenters. The number of halogens is 1. The molecular weight excluding hydrogens is 210 g/mol. The third-order valence-electron chi connectivity index (χ3n) is 3.77. The maximum Gasteiger partial charge on any atom is 0.0974 e. The lowest BCUT2D eigenvalue weighted by Crippen LogP contribution is -2.34. The van der Waals surface area contributed by atoms with Crippen LogP contribution in [-0.4, -0.2) is 17.2 Å². The number of aliphatic hydroxyl groups is 1. The molecule has 80 valence electrons. The van der Waals surface area contributed by atoms with Gasteiger partial charge in [0, 0.05) is 5.02 Å². The molecule has 1 aromatic rings. The van der Waals surface area contributed by atoms with Crippen molar-refractivity contribution in [2.75, 3.05) is 6.54 Å². The van der Waals surface area contributed by atoms with Crippen molar-refractivity contribution >= 4 is 11.6 Å². The Hall–Kier alpha value is -0.570. The summed E-state index contributed by atoms with van der Waals surface area (Å²) in [6.07, 6.45) is 1.92. The zero-order valence-corrected chi connectivity index (χ0v) is 9.17. The molecule has 0 amide bonds. The average molecular weight is 224 g/mol. The number of rotatable bonds is 2. The Morgan fingerprint density at radius 1 is 1.40 bits per heavy atom. The molecule has 0 spiro atoms. The molecule has 1 saturated heterocycles. The normalized spacial score (nSPS) is 34.9. The number of hydrogen-bond acceptors (Lipinski definition) is 2. The van der Waals surface area contributed by atoms with Gasteiger partial charge in [0.1, 0.15) is 0 Å². The van der Waals surface area contributed by atoms with Gasteiger partial charge < -0.3 is 10.4 Å². The Labute approximate surface area is 94.3 Å². The van der Waals surface area contributed by atoms with Gasteiger partial charge in [-0.05, 0) is 43.0 Å². The number of hydrogen-bond donors (Lipinski definition) is 2. The number of fused-ring (bicyclic) bond motifs is 1. The first-order valence-electron chi connectivity index (χ1n) is 5.41. The summed E-state index contributed by atoms with van der Waals surface area (Å²) in [5.41, 5.74) is 0.949. The van der Waals surface area contributed by atoms with Crippen LogP contribution in [0.1, 0.15) is 24.5 Å². The smallest absolute Gasteiger partial charge is 0.0974 e. The fraction of sp³-hybridized carbons (Fsp3) is 0.500. The van der Waals surface area contributed by atoms with Crippen molar-refractivity contribution in [1.29, 1.82) is 0 Å². The third kappa shape index (κ3) is 1.40. The van der Waals surface area contributed by atoms with Gasteiger partial charge in [0.2, 0.25) is 0 Å². The molecule has 2 nitrogen and oxygen atoms in total. The molecule has 3 rings (SSSR count). The van der Waals surface area contributed by atoms with Crippen molar-refractivity contribution in [2.24, 2.45) is 5.92 Å². The highest BCUT2D eigenvalue weighted by atomic mass is 35.5. The molecule has 3 heteroatoms. The van der Waals surface area contributed by atoms with Crippen molar-refractivity contribution < 1.29 is 5.11 Å². The van der Waals surface area contributed by atoms with Gasteiger partial charge >= 0.3 is 0 Å². The second kappa shape index (κ2) is 3.21. The largest absolute Gasteiger partial charge is 0.386 e. The van der Waals surface area contributed by atoms with E-state index in [1.807, 2.05) is 24.3 Å². The average Bonchev–Trinajstić information content (AvgIpc) is 2.82. The Bertz CT molecular complexity index is 378. The summed E-state index contributed by atoms with van der Waals surface area (Å²) in [5, 5.41) is 14.5. The van der Waals surface area contributed by atoms with Crippen LogP contribution in [0.25, 0.3) is 0 Å². The fourth-order valence-corrected chi connectivity index (χ4v) is 2.90. The van der Waals surface area contributed by atoms with Gasteiger partial charge in [-0.15, -0.1) is 0 Å². The van der Waals surface area contributed by atoms with Gasteiger partial charge in [-0.25, -0.2) is 0 Å². The van der Waals surface area contributed by atoms with Gasteiger partial charge in [-0.2, -0.15) is 0 Å². The zero-order chi connectivity index (χ0) is 10.5. The summed E-state index contributed by atoms with van der Waals surface area (Å²) >= 11 is 5.82. The van der Waals surface area contributed by atoms with Crippen LogP contribution in [0, 0.1) is 5.92 Å². The molecule has 1 aromatic carbocycles. The molecule has 0 radical (unpaired) electrons. The molecule has 1 saturated carbocycles. The van der Waals surface area contributed by atoms with E-state index in [0.717, 1.165) is 23.6 Å². The predicted octanol–water partition coefficient (Wildman–Crippen LogP) is 2.13. The van der Waals surface area contributed by atoms with Crippen LogP contribution < -0.4 is 5.32 Å². The van der Waals surface area contributed by atoms with Crippen LogP contribution in [0.3, 0.4) is 0 Å². The lowest BCUT2D eigenvalue weighted by atomic mass is 9.99. The van der Waals surface area contributed by atoms with E-state index in [2.05, 4.69) is 5.32 Å². The van der Waals surface area contributed by atoms with E-state index < -0.39 is 0 Å². The Kier molecular flexibility index (Phi) is 2.06. The summed E-state index contributed by atoms with van der Waals surface area (Å²) in [4.78, 5) is 0. The lowest BCUT2D eigenvalue weighted by Gasteiger charge is -2.21. The van der Waals surface area contributed by atoms with Crippen LogP contribution in [0.2, 0.25) is 5.02 Å². The molecule has 2 N–H and O–H groups in total. The molecule has 0 aromatic heterocycles. The molecule has 15 heavy (non-hydrogen) atoms. The quantitative estimate of drug-likeness (QED) is 0.805. The second-order valence-electron chi connectivity index (χ2n) is 4.61. The third-order valence-corrected chi connectivity index (χ3v) is 4.03. The van der Waals surface area contributed by atoms with Crippen LogP contribution in [0.15, 0.2) is 24.3 Å². The van der Waals surface area contributed by atoms with E-state index in [1.165, 1.54) is 6.42 Å². The Balaban J connectivity index is 1.85. The van der Waals surface area contributed by atoms with E-state index in [1.54, 1.807) is 0 Å². The highest BCUT2D eigenvalue weighted by molar-refractivity contribution is 6.30. The summed E-state index contributed by atoms with van der Waals surface area (Å²) in [6.45, 7) is 1.04. The van der Waals surface area contributed by atoms with Crippen molar-refractivity contribution in [1.82, 2.24) is 5.32 Å². The van der Waals surface area contributed by atoms with Crippen molar-refractivity contribution in [3.8, 4) is 0 Å². The topological polar surface area (TPSA) is 32.3 Å². The molecule has 3 atom stereocenters. The monoisotopic (exact) mass is 223 g/mol. The van der Waals surface area contributed by atoms with Crippen LogP contribution >= 0.6 is 11.6 Å². The number of benzene rings is 1. The molecule has 0 bridgehead atoms. The minimum absolute atomic E-state index is 0.0200.